The number of nitrogens with one attached hydrogen (secondary N) is 2. The van der Waals surface area contributed by atoms with E-state index in [0.717, 1.165) is 13.0 Å². The van der Waals surface area contributed by atoms with E-state index in [4.69, 9.17) is 9.90 Å². The van der Waals surface area contributed by atoms with E-state index in [1.54, 1.807) is 11.9 Å². The summed E-state index contributed by atoms with van der Waals surface area (Å²) in [5.74, 6) is -2.76. The van der Waals surface area contributed by atoms with Gasteiger partial charge in [-0.25, -0.2) is 4.79 Å². The maximum Gasteiger partial charge on any atom is 0.490 e. The van der Waals surface area contributed by atoms with E-state index < -0.39 is 12.1 Å². The number of allylic oxidation sites excluding steroid dienone is 3. The van der Waals surface area contributed by atoms with Crippen molar-refractivity contribution in [2.24, 2.45) is 0 Å². The Hall–Kier alpha value is -0.990. The highest BCUT2D eigenvalue weighted by molar-refractivity contribution is 8.01. The van der Waals surface area contributed by atoms with Gasteiger partial charge in [-0.2, -0.15) is 13.2 Å². The molecule has 1 saturated heterocycles. The predicted octanol–water partition coefficient (Wildman–Crippen LogP) is 3.48. The molecule has 1 aliphatic rings. The molecule has 0 aromatic heterocycles. The van der Waals surface area contributed by atoms with Gasteiger partial charge in [0.2, 0.25) is 0 Å². The highest BCUT2D eigenvalue weighted by Gasteiger charge is 2.38. The van der Waals surface area contributed by atoms with Crippen LogP contribution in [-0.4, -0.2) is 36.4 Å². The molecular weight excluding hydrogens is 317 g/mol. The quantitative estimate of drug-likeness (QED) is 0.510. The van der Waals surface area contributed by atoms with Crippen molar-refractivity contribution in [2.75, 3.05) is 13.1 Å². The standard InChI is InChI=1S/C12H22N2S.C2HF3O2/c1-3-6-12(7-4-2)15-14-10-11-8-5-9-13-11;3-2(4,5)1(6)7/h3,6-7,11,13-14H,4-5,8-10H2,1-2H3;(H,6,7)/b6-3-,12-7+;. The number of halogens is 3. The molecule has 1 fully saturated rings. The molecule has 1 atom stereocenters. The summed E-state index contributed by atoms with van der Waals surface area (Å²) in [7, 11) is 0. The van der Waals surface area contributed by atoms with E-state index in [2.05, 4.69) is 42.1 Å². The first-order chi connectivity index (χ1) is 10.3. The lowest BCUT2D eigenvalue weighted by molar-refractivity contribution is -0.192. The highest BCUT2D eigenvalue weighted by Crippen LogP contribution is 2.15. The smallest absolute Gasteiger partial charge is 0.475 e. The van der Waals surface area contributed by atoms with Gasteiger partial charge >= 0.3 is 12.1 Å². The number of hydrogen-bond acceptors (Lipinski definition) is 4. The van der Waals surface area contributed by atoms with Crippen LogP contribution in [0.15, 0.2) is 23.1 Å². The molecule has 0 radical (unpaired) electrons. The summed E-state index contributed by atoms with van der Waals surface area (Å²) in [6.45, 7) is 6.47. The Balaban J connectivity index is 0.000000534. The summed E-state index contributed by atoms with van der Waals surface area (Å²) < 4.78 is 35.2. The van der Waals surface area contributed by atoms with Crippen molar-refractivity contribution in [2.45, 2.75) is 45.3 Å². The maximum absolute atomic E-state index is 10.6. The van der Waals surface area contributed by atoms with Gasteiger partial charge in [0.05, 0.1) is 0 Å². The SMILES string of the molecule is C/C=C\C(=C/CC)SNCC1CCCN1.O=C(O)C(F)(F)F. The Morgan fingerprint density at radius 3 is 2.55 bits per heavy atom. The third-order valence-corrected chi connectivity index (χ3v) is 3.51. The minimum absolute atomic E-state index is 0.672. The number of alkyl halides is 3. The molecule has 0 aliphatic carbocycles. The van der Waals surface area contributed by atoms with Crippen molar-refractivity contribution in [1.29, 1.82) is 0 Å². The average molecular weight is 340 g/mol. The van der Waals surface area contributed by atoms with Crippen molar-refractivity contribution in [3.8, 4) is 0 Å². The van der Waals surface area contributed by atoms with Gasteiger partial charge in [-0.15, -0.1) is 0 Å². The first kappa shape index (κ1) is 21.0. The van der Waals surface area contributed by atoms with Crippen LogP contribution in [0.25, 0.3) is 0 Å². The molecule has 128 valence electrons. The van der Waals surface area contributed by atoms with Gasteiger partial charge in [0.25, 0.3) is 0 Å². The lowest BCUT2D eigenvalue weighted by atomic mass is 10.2. The van der Waals surface area contributed by atoms with Crippen LogP contribution in [-0.2, 0) is 4.79 Å². The fourth-order valence-corrected chi connectivity index (χ4v) is 2.57. The average Bonchev–Trinajstić information content (AvgIpc) is 2.92. The van der Waals surface area contributed by atoms with Crippen molar-refractivity contribution in [1.82, 2.24) is 10.0 Å². The minimum atomic E-state index is -5.08. The molecule has 1 rings (SSSR count). The monoisotopic (exact) mass is 340 g/mol. The second-order valence-corrected chi connectivity index (χ2v) is 5.53. The number of rotatable bonds is 6. The third kappa shape index (κ3) is 10.7. The van der Waals surface area contributed by atoms with Crippen LogP contribution >= 0.6 is 11.9 Å². The molecular formula is C14H23F3N2O2S. The molecule has 0 spiro atoms. The van der Waals surface area contributed by atoms with Crippen LogP contribution in [0.3, 0.4) is 0 Å². The van der Waals surface area contributed by atoms with Crippen LogP contribution in [0.4, 0.5) is 13.2 Å². The van der Waals surface area contributed by atoms with Crippen LogP contribution in [0.1, 0.15) is 33.1 Å². The number of carboxylic acid groups (broad SMARTS) is 1. The van der Waals surface area contributed by atoms with Gasteiger partial charge in [-0.05, 0) is 44.7 Å². The van der Waals surface area contributed by atoms with Crippen molar-refractivity contribution in [3.63, 3.8) is 0 Å². The van der Waals surface area contributed by atoms with Gasteiger partial charge in [0.1, 0.15) is 0 Å². The molecule has 0 aromatic rings. The molecule has 3 N–H and O–H groups in total. The van der Waals surface area contributed by atoms with E-state index in [0.29, 0.717) is 6.04 Å². The minimum Gasteiger partial charge on any atom is -0.475 e. The fraction of sp³-hybridized carbons (Fsp3) is 0.643. The molecule has 1 unspecified atom stereocenters. The summed E-state index contributed by atoms with van der Waals surface area (Å²) in [6.07, 6.45) is 5.14. The van der Waals surface area contributed by atoms with Crippen LogP contribution in [0.5, 0.6) is 0 Å². The molecule has 0 bridgehead atoms. The second kappa shape index (κ2) is 11.6. The zero-order valence-corrected chi connectivity index (χ0v) is 13.6. The Kier molecular flexibility index (Phi) is 11.0. The van der Waals surface area contributed by atoms with Crippen LogP contribution in [0.2, 0.25) is 0 Å². The molecule has 8 heteroatoms. The van der Waals surface area contributed by atoms with Crippen LogP contribution in [0, 0.1) is 0 Å². The zero-order chi connectivity index (χ0) is 17.0. The number of hydrogen-bond donors (Lipinski definition) is 3. The van der Waals surface area contributed by atoms with Crippen molar-refractivity contribution < 1.29 is 23.1 Å². The number of carbonyl (C=O) groups is 1. The normalized spacial score (nSPS) is 19.1. The van der Waals surface area contributed by atoms with E-state index >= 15 is 0 Å². The van der Waals surface area contributed by atoms with Gasteiger partial charge in [-0.1, -0.05) is 25.2 Å². The first-order valence-corrected chi connectivity index (χ1v) is 7.89. The van der Waals surface area contributed by atoms with E-state index in [-0.39, 0.29) is 0 Å². The summed E-state index contributed by atoms with van der Waals surface area (Å²) >= 11 is 1.74. The summed E-state index contributed by atoms with van der Waals surface area (Å²) in [6, 6.07) is 0.672. The fourth-order valence-electron chi connectivity index (χ4n) is 1.67. The second-order valence-electron chi connectivity index (χ2n) is 4.56. The van der Waals surface area contributed by atoms with Crippen molar-refractivity contribution >= 4 is 17.9 Å². The Morgan fingerprint density at radius 2 is 2.14 bits per heavy atom. The summed E-state index contributed by atoms with van der Waals surface area (Å²) in [5, 5.41) is 10.6. The van der Waals surface area contributed by atoms with Gasteiger partial charge in [-0.3, -0.25) is 4.72 Å². The summed E-state index contributed by atoms with van der Waals surface area (Å²) in [5.41, 5.74) is 0. The number of carboxylic acids is 1. The largest absolute Gasteiger partial charge is 0.490 e. The van der Waals surface area contributed by atoms with E-state index in [9.17, 15) is 13.2 Å². The lowest BCUT2D eigenvalue weighted by Gasteiger charge is -2.10. The van der Waals surface area contributed by atoms with E-state index in [1.165, 1.54) is 24.3 Å². The van der Waals surface area contributed by atoms with Gasteiger partial charge in [0.15, 0.2) is 0 Å². The van der Waals surface area contributed by atoms with E-state index in [1.807, 2.05) is 0 Å². The molecule has 1 aliphatic heterocycles. The first-order valence-electron chi connectivity index (χ1n) is 7.07. The topological polar surface area (TPSA) is 61.4 Å². The summed E-state index contributed by atoms with van der Waals surface area (Å²) in [4.78, 5) is 10.2. The molecule has 4 nitrogen and oxygen atoms in total. The van der Waals surface area contributed by atoms with Crippen LogP contribution < -0.4 is 10.0 Å². The Bertz CT molecular complexity index is 379. The van der Waals surface area contributed by atoms with Gasteiger partial charge < -0.3 is 10.4 Å². The molecule has 22 heavy (non-hydrogen) atoms. The third-order valence-electron chi connectivity index (χ3n) is 2.66. The molecule has 1 heterocycles. The Labute approximate surface area is 133 Å². The number of aliphatic carboxylic acids is 1. The molecule has 0 amide bonds. The maximum atomic E-state index is 10.6. The predicted molar refractivity (Wildman–Crippen MR) is 83.5 cm³/mol. The van der Waals surface area contributed by atoms with Gasteiger partial charge in [0, 0.05) is 17.5 Å². The lowest BCUT2D eigenvalue weighted by Crippen LogP contribution is -2.30. The Morgan fingerprint density at radius 1 is 1.50 bits per heavy atom. The zero-order valence-electron chi connectivity index (χ0n) is 12.7. The highest BCUT2D eigenvalue weighted by atomic mass is 32.2. The van der Waals surface area contributed by atoms with Crippen molar-refractivity contribution in [3.05, 3.63) is 23.1 Å². The molecule has 0 aromatic carbocycles. The molecule has 0 saturated carbocycles.